The number of aliphatic carboxylic acids is 1. The number of carboxylic acids is 1. The monoisotopic (exact) mass is 511 g/mol. The lowest BCUT2D eigenvalue weighted by atomic mass is 9.78. The van der Waals surface area contributed by atoms with Crippen molar-refractivity contribution in [2.24, 2.45) is 11.8 Å². The van der Waals surface area contributed by atoms with Gasteiger partial charge in [-0.3, -0.25) is 9.59 Å². The minimum absolute atomic E-state index is 0.309. The Morgan fingerprint density at radius 1 is 1.00 bits per heavy atom. The Balaban J connectivity index is 1.42. The summed E-state index contributed by atoms with van der Waals surface area (Å²) in [5.41, 5.74) is 3.22. The third-order valence-corrected chi connectivity index (χ3v) is 8.63. The lowest BCUT2D eigenvalue weighted by molar-refractivity contribution is -0.147. The summed E-state index contributed by atoms with van der Waals surface area (Å²) < 4.78 is 11.3. The molecule has 3 heterocycles. The van der Waals surface area contributed by atoms with Crippen molar-refractivity contribution < 1.29 is 29.0 Å². The molecule has 192 valence electrons. The SMILES string of the molecule is CC(C)OC(=O)c1c(-c2ccc(C3CCCCC3)cc2)csc1NC(=O)[C@@H]1[C@H](C(=O)O)[C@H]2CC[C@H]1O2. The minimum atomic E-state index is -1.02. The Morgan fingerprint density at radius 3 is 2.31 bits per heavy atom. The number of hydrogen-bond donors (Lipinski definition) is 2. The van der Waals surface area contributed by atoms with Crippen LogP contribution in [0.1, 0.15) is 80.6 Å². The van der Waals surface area contributed by atoms with Crippen LogP contribution in [-0.2, 0) is 19.1 Å². The fourth-order valence-electron chi connectivity index (χ4n) is 6.03. The molecule has 3 aliphatic rings. The van der Waals surface area contributed by atoms with Gasteiger partial charge >= 0.3 is 11.9 Å². The van der Waals surface area contributed by atoms with Crippen molar-refractivity contribution in [1.82, 2.24) is 0 Å². The van der Waals surface area contributed by atoms with Crippen molar-refractivity contribution in [1.29, 1.82) is 0 Å². The average Bonchev–Trinajstić information content (AvgIpc) is 3.59. The van der Waals surface area contributed by atoms with Crippen LogP contribution in [0.25, 0.3) is 11.1 Å². The van der Waals surface area contributed by atoms with Crippen LogP contribution in [0.5, 0.6) is 0 Å². The fourth-order valence-corrected chi connectivity index (χ4v) is 6.99. The number of thiophene rings is 1. The van der Waals surface area contributed by atoms with Crippen molar-refractivity contribution in [3.63, 3.8) is 0 Å². The van der Waals surface area contributed by atoms with E-state index in [2.05, 4.69) is 17.4 Å². The second-order valence-corrected chi connectivity index (χ2v) is 11.3. The van der Waals surface area contributed by atoms with Gasteiger partial charge in [0.15, 0.2) is 0 Å². The minimum Gasteiger partial charge on any atom is -0.481 e. The van der Waals surface area contributed by atoms with E-state index in [1.807, 2.05) is 17.5 Å². The van der Waals surface area contributed by atoms with Gasteiger partial charge in [0.25, 0.3) is 0 Å². The van der Waals surface area contributed by atoms with Crippen molar-refractivity contribution >= 4 is 34.2 Å². The van der Waals surface area contributed by atoms with Crippen molar-refractivity contribution in [2.75, 3.05) is 5.32 Å². The highest BCUT2D eigenvalue weighted by Crippen LogP contribution is 2.45. The molecule has 8 heteroatoms. The summed E-state index contributed by atoms with van der Waals surface area (Å²) in [7, 11) is 0. The van der Waals surface area contributed by atoms with Gasteiger partial charge in [0, 0.05) is 10.9 Å². The molecule has 36 heavy (non-hydrogen) atoms. The summed E-state index contributed by atoms with van der Waals surface area (Å²) in [5, 5.41) is 14.8. The van der Waals surface area contributed by atoms with E-state index in [0.29, 0.717) is 34.9 Å². The molecule has 2 bridgehead atoms. The van der Waals surface area contributed by atoms with Crippen molar-refractivity contribution in [2.45, 2.75) is 83.0 Å². The van der Waals surface area contributed by atoms with Gasteiger partial charge in [-0.15, -0.1) is 11.3 Å². The van der Waals surface area contributed by atoms with E-state index in [-0.39, 0.29) is 6.10 Å². The molecule has 0 unspecified atom stereocenters. The first-order chi connectivity index (χ1) is 17.3. The molecule has 1 amide bonds. The maximum absolute atomic E-state index is 13.3. The van der Waals surface area contributed by atoms with E-state index in [0.717, 1.165) is 5.56 Å². The van der Waals surface area contributed by atoms with E-state index >= 15 is 0 Å². The normalized spacial score (nSPS) is 25.8. The number of anilines is 1. The molecule has 0 spiro atoms. The average molecular weight is 512 g/mol. The third-order valence-electron chi connectivity index (χ3n) is 7.73. The van der Waals surface area contributed by atoms with Crippen LogP contribution < -0.4 is 5.32 Å². The van der Waals surface area contributed by atoms with Crippen LogP contribution >= 0.6 is 11.3 Å². The Hall–Kier alpha value is -2.71. The van der Waals surface area contributed by atoms with Gasteiger partial charge in [0.1, 0.15) is 10.6 Å². The second-order valence-electron chi connectivity index (χ2n) is 10.4. The summed E-state index contributed by atoms with van der Waals surface area (Å²) in [6.45, 7) is 3.57. The number of fused-ring (bicyclic) bond motifs is 2. The van der Waals surface area contributed by atoms with E-state index in [9.17, 15) is 19.5 Å². The lowest BCUT2D eigenvalue weighted by Crippen LogP contribution is -2.41. The molecule has 2 saturated heterocycles. The molecule has 2 aliphatic heterocycles. The molecule has 7 nitrogen and oxygen atoms in total. The zero-order chi connectivity index (χ0) is 25.4. The highest BCUT2D eigenvalue weighted by atomic mass is 32.1. The number of hydrogen-bond acceptors (Lipinski definition) is 6. The summed E-state index contributed by atoms with van der Waals surface area (Å²) >= 11 is 1.25. The van der Waals surface area contributed by atoms with E-state index in [1.165, 1.54) is 49.0 Å². The molecule has 1 aliphatic carbocycles. The molecule has 0 radical (unpaired) electrons. The third kappa shape index (κ3) is 4.81. The predicted molar refractivity (Wildman–Crippen MR) is 137 cm³/mol. The van der Waals surface area contributed by atoms with Crippen LogP contribution in [0.15, 0.2) is 29.6 Å². The Kier molecular flexibility index (Phi) is 7.17. The number of rotatable bonds is 7. The highest BCUT2D eigenvalue weighted by Gasteiger charge is 2.55. The Labute approximate surface area is 215 Å². The Bertz CT molecular complexity index is 1130. The maximum atomic E-state index is 13.3. The summed E-state index contributed by atoms with van der Waals surface area (Å²) in [4.78, 5) is 38.3. The number of esters is 1. The number of carbonyl (C=O) groups excluding carboxylic acids is 2. The van der Waals surface area contributed by atoms with Crippen molar-refractivity contribution in [3.8, 4) is 11.1 Å². The van der Waals surface area contributed by atoms with Crippen LogP contribution in [0.3, 0.4) is 0 Å². The molecule has 5 rings (SSSR count). The summed E-state index contributed by atoms with van der Waals surface area (Å²) in [5.74, 6) is -3.02. The number of benzene rings is 1. The molecular weight excluding hydrogens is 478 g/mol. The first-order valence-corrected chi connectivity index (χ1v) is 13.8. The molecule has 4 atom stereocenters. The largest absolute Gasteiger partial charge is 0.481 e. The summed E-state index contributed by atoms with van der Waals surface area (Å²) in [6.07, 6.45) is 6.41. The van der Waals surface area contributed by atoms with E-state index < -0.39 is 41.9 Å². The van der Waals surface area contributed by atoms with Crippen LogP contribution in [0, 0.1) is 11.8 Å². The zero-order valence-electron chi connectivity index (χ0n) is 20.7. The highest BCUT2D eigenvalue weighted by molar-refractivity contribution is 7.15. The van der Waals surface area contributed by atoms with Gasteiger partial charge in [-0.2, -0.15) is 0 Å². The number of carbonyl (C=O) groups is 3. The number of nitrogens with one attached hydrogen (secondary N) is 1. The molecule has 1 aromatic carbocycles. The van der Waals surface area contributed by atoms with Gasteiger partial charge in [-0.25, -0.2) is 4.79 Å². The van der Waals surface area contributed by atoms with Gasteiger partial charge in [0.05, 0.1) is 30.1 Å². The smallest absolute Gasteiger partial charge is 0.342 e. The first-order valence-electron chi connectivity index (χ1n) is 13.0. The number of amides is 1. The molecule has 2 aromatic rings. The van der Waals surface area contributed by atoms with Gasteiger partial charge < -0.3 is 19.9 Å². The van der Waals surface area contributed by atoms with Gasteiger partial charge in [0.2, 0.25) is 5.91 Å². The number of ether oxygens (including phenoxy) is 2. The standard InChI is InChI=1S/C28H33NO6S/c1-15(2)34-28(33)22-19(18-10-8-17(9-11-18)16-6-4-3-5-7-16)14-36-26(22)29-25(30)23-20-12-13-21(35-20)24(23)27(31)32/h8-11,14-16,20-21,23-24H,3-7,12-13H2,1-2H3,(H,29,30)(H,31,32)/t20-,21-,23+,24-/m1/s1. The molecule has 1 saturated carbocycles. The molecular formula is C28H33NO6S. The van der Waals surface area contributed by atoms with E-state index in [1.54, 1.807) is 13.8 Å². The maximum Gasteiger partial charge on any atom is 0.342 e. The van der Waals surface area contributed by atoms with Crippen LogP contribution in [0.2, 0.25) is 0 Å². The predicted octanol–water partition coefficient (Wildman–Crippen LogP) is 5.84. The van der Waals surface area contributed by atoms with Crippen LogP contribution in [0.4, 0.5) is 5.00 Å². The van der Waals surface area contributed by atoms with E-state index in [4.69, 9.17) is 9.47 Å². The van der Waals surface area contributed by atoms with Gasteiger partial charge in [-0.1, -0.05) is 43.5 Å². The van der Waals surface area contributed by atoms with Crippen molar-refractivity contribution in [3.05, 3.63) is 40.8 Å². The van der Waals surface area contributed by atoms with Crippen LogP contribution in [-0.4, -0.2) is 41.3 Å². The fraction of sp³-hybridized carbons (Fsp3) is 0.536. The summed E-state index contributed by atoms with van der Waals surface area (Å²) in [6, 6.07) is 8.35. The molecule has 2 N–H and O–H groups in total. The second kappa shape index (κ2) is 10.3. The Morgan fingerprint density at radius 2 is 1.67 bits per heavy atom. The topological polar surface area (TPSA) is 102 Å². The first kappa shape index (κ1) is 25.0. The molecule has 1 aromatic heterocycles. The molecule has 3 fully saturated rings. The zero-order valence-corrected chi connectivity index (χ0v) is 21.5. The van der Waals surface area contributed by atoms with Gasteiger partial charge in [-0.05, 0) is 56.6 Å². The lowest BCUT2D eigenvalue weighted by Gasteiger charge is -2.24. The number of carboxylic acid groups (broad SMARTS) is 1. The quantitative estimate of drug-likeness (QED) is 0.453.